The maximum Gasteiger partial charge on any atom is 0.220 e. The van der Waals surface area contributed by atoms with Crippen LogP contribution in [0.25, 0.3) is 0 Å². The Hall–Kier alpha value is -2.51. The normalized spacial score (nSPS) is 9.91. The fraction of sp³-hybridized carbons (Fsp3) is 0.222. The van der Waals surface area contributed by atoms with Gasteiger partial charge >= 0.3 is 0 Å². The van der Waals surface area contributed by atoms with Crippen LogP contribution in [0.3, 0.4) is 0 Å². The zero-order valence-electron chi connectivity index (χ0n) is 12.6. The number of carbonyl (C=O) groups is 1. The zero-order chi connectivity index (χ0) is 16.5. The molecule has 0 bridgehead atoms. The van der Waals surface area contributed by atoms with Crippen molar-refractivity contribution >= 4 is 17.5 Å². The molecule has 0 aromatic heterocycles. The highest BCUT2D eigenvalue weighted by molar-refractivity contribution is 6.30. The summed E-state index contributed by atoms with van der Waals surface area (Å²) in [5, 5.41) is 12.2. The molecule has 0 heterocycles. The van der Waals surface area contributed by atoms with Crippen LogP contribution >= 0.6 is 11.6 Å². The number of carbonyl (C=O) groups excluding carboxylic acids is 1. The second-order valence-corrected chi connectivity index (χ2v) is 5.40. The second kappa shape index (κ2) is 8.82. The first-order valence-electron chi connectivity index (χ1n) is 7.31. The van der Waals surface area contributed by atoms with Gasteiger partial charge in [0.2, 0.25) is 5.91 Å². The van der Waals surface area contributed by atoms with Crippen molar-refractivity contribution in [3.05, 3.63) is 64.7 Å². The van der Waals surface area contributed by atoms with E-state index >= 15 is 0 Å². The Kier molecular flexibility index (Phi) is 6.46. The van der Waals surface area contributed by atoms with E-state index in [9.17, 15) is 4.79 Å². The molecule has 0 saturated carbocycles. The topological polar surface area (TPSA) is 62.1 Å². The maximum absolute atomic E-state index is 11.8. The number of hydrogen-bond donors (Lipinski definition) is 1. The molecule has 4 nitrogen and oxygen atoms in total. The highest BCUT2D eigenvalue weighted by Gasteiger charge is 2.02. The number of hydrogen-bond acceptors (Lipinski definition) is 3. The molecule has 0 aliphatic carbocycles. The van der Waals surface area contributed by atoms with E-state index < -0.39 is 0 Å². The molecule has 2 aromatic carbocycles. The van der Waals surface area contributed by atoms with Crippen molar-refractivity contribution in [1.82, 2.24) is 5.32 Å². The lowest BCUT2D eigenvalue weighted by molar-refractivity contribution is -0.121. The standard InChI is InChI=1S/C18H17ClN2O2/c19-16-6-8-17(9-7-16)23-12-11-21-18(22)10-5-14-1-3-15(13-20)4-2-14/h1-4,6-9H,5,10-12H2,(H,21,22). The van der Waals surface area contributed by atoms with Gasteiger partial charge in [-0.15, -0.1) is 0 Å². The van der Waals surface area contributed by atoms with E-state index in [4.69, 9.17) is 21.6 Å². The molecule has 2 aromatic rings. The Bertz CT molecular complexity index is 676. The van der Waals surface area contributed by atoms with Crippen LogP contribution in [-0.2, 0) is 11.2 Å². The van der Waals surface area contributed by atoms with Gasteiger partial charge in [0.05, 0.1) is 18.2 Å². The van der Waals surface area contributed by atoms with Gasteiger partial charge in [-0.1, -0.05) is 23.7 Å². The molecule has 2 rings (SSSR count). The SMILES string of the molecule is N#Cc1ccc(CCC(=O)NCCOc2ccc(Cl)cc2)cc1. The largest absolute Gasteiger partial charge is 0.492 e. The molecule has 0 fully saturated rings. The molecular formula is C18H17ClN2O2. The number of rotatable bonds is 7. The minimum atomic E-state index is -0.0194. The molecule has 1 N–H and O–H groups in total. The number of nitriles is 1. The third-order valence-electron chi connectivity index (χ3n) is 3.23. The van der Waals surface area contributed by atoms with E-state index in [1.165, 1.54) is 0 Å². The van der Waals surface area contributed by atoms with Crippen LogP contribution in [0.4, 0.5) is 0 Å². The summed E-state index contributed by atoms with van der Waals surface area (Å²) in [5.74, 6) is 0.704. The average molecular weight is 329 g/mol. The molecule has 0 spiro atoms. The van der Waals surface area contributed by atoms with E-state index in [1.807, 2.05) is 12.1 Å². The number of aryl methyl sites for hydroxylation is 1. The van der Waals surface area contributed by atoms with Crippen LogP contribution in [0.1, 0.15) is 17.5 Å². The Labute approximate surface area is 140 Å². The van der Waals surface area contributed by atoms with Gasteiger partial charge in [-0.05, 0) is 48.4 Å². The summed E-state index contributed by atoms with van der Waals surface area (Å²) in [6.07, 6.45) is 1.06. The quantitative estimate of drug-likeness (QED) is 0.793. The molecule has 23 heavy (non-hydrogen) atoms. The van der Waals surface area contributed by atoms with Gasteiger partial charge in [0, 0.05) is 11.4 Å². The first kappa shape index (κ1) is 16.9. The van der Waals surface area contributed by atoms with Crippen molar-refractivity contribution in [1.29, 1.82) is 5.26 Å². The molecule has 0 aliphatic rings. The third-order valence-corrected chi connectivity index (χ3v) is 3.48. The number of nitrogens with zero attached hydrogens (tertiary/aromatic N) is 1. The Morgan fingerprint density at radius 2 is 1.83 bits per heavy atom. The van der Waals surface area contributed by atoms with Crippen molar-refractivity contribution in [2.45, 2.75) is 12.8 Å². The molecule has 0 atom stereocenters. The van der Waals surface area contributed by atoms with Gasteiger partial charge in [-0.3, -0.25) is 4.79 Å². The molecule has 5 heteroatoms. The summed E-state index contributed by atoms with van der Waals surface area (Å²) in [5.41, 5.74) is 1.66. The summed E-state index contributed by atoms with van der Waals surface area (Å²) in [7, 11) is 0. The highest BCUT2D eigenvalue weighted by atomic mass is 35.5. The predicted octanol–water partition coefficient (Wildman–Crippen LogP) is 3.34. The lowest BCUT2D eigenvalue weighted by Crippen LogP contribution is -2.28. The summed E-state index contributed by atoms with van der Waals surface area (Å²) < 4.78 is 5.50. The molecule has 0 radical (unpaired) electrons. The lowest BCUT2D eigenvalue weighted by atomic mass is 10.1. The maximum atomic E-state index is 11.8. The Morgan fingerprint density at radius 1 is 1.13 bits per heavy atom. The van der Waals surface area contributed by atoms with Crippen molar-refractivity contribution in [3.8, 4) is 11.8 Å². The van der Waals surface area contributed by atoms with Gasteiger partial charge in [-0.25, -0.2) is 0 Å². The van der Waals surface area contributed by atoms with E-state index in [1.54, 1.807) is 36.4 Å². The van der Waals surface area contributed by atoms with Crippen molar-refractivity contribution in [2.75, 3.05) is 13.2 Å². The van der Waals surface area contributed by atoms with Gasteiger partial charge in [0.1, 0.15) is 12.4 Å². The Balaban J connectivity index is 1.63. The molecule has 0 saturated heterocycles. The number of ether oxygens (including phenoxy) is 1. The third kappa shape index (κ3) is 6.01. The van der Waals surface area contributed by atoms with Crippen molar-refractivity contribution < 1.29 is 9.53 Å². The van der Waals surface area contributed by atoms with Gasteiger partial charge in [0.15, 0.2) is 0 Å². The van der Waals surface area contributed by atoms with E-state index in [-0.39, 0.29) is 5.91 Å². The fourth-order valence-corrected chi connectivity index (χ4v) is 2.11. The Morgan fingerprint density at radius 3 is 2.48 bits per heavy atom. The van der Waals surface area contributed by atoms with Crippen LogP contribution in [0.5, 0.6) is 5.75 Å². The molecule has 0 aliphatic heterocycles. The summed E-state index contributed by atoms with van der Waals surface area (Å²) >= 11 is 5.79. The number of halogens is 1. The number of benzene rings is 2. The molecular weight excluding hydrogens is 312 g/mol. The summed E-state index contributed by atoms with van der Waals surface area (Å²) in [6, 6.07) is 16.4. The van der Waals surface area contributed by atoms with Crippen LogP contribution in [0.15, 0.2) is 48.5 Å². The van der Waals surface area contributed by atoms with Crippen LogP contribution in [0, 0.1) is 11.3 Å². The lowest BCUT2D eigenvalue weighted by Gasteiger charge is -2.08. The van der Waals surface area contributed by atoms with E-state index in [0.717, 1.165) is 11.3 Å². The summed E-state index contributed by atoms with van der Waals surface area (Å²) in [4.78, 5) is 11.8. The minimum absolute atomic E-state index is 0.0194. The predicted molar refractivity (Wildman–Crippen MR) is 89.4 cm³/mol. The smallest absolute Gasteiger partial charge is 0.220 e. The second-order valence-electron chi connectivity index (χ2n) is 4.96. The average Bonchev–Trinajstić information content (AvgIpc) is 2.59. The van der Waals surface area contributed by atoms with Crippen LogP contribution < -0.4 is 10.1 Å². The minimum Gasteiger partial charge on any atom is -0.492 e. The monoisotopic (exact) mass is 328 g/mol. The van der Waals surface area contributed by atoms with E-state index in [0.29, 0.717) is 36.6 Å². The molecule has 118 valence electrons. The zero-order valence-corrected chi connectivity index (χ0v) is 13.3. The van der Waals surface area contributed by atoms with Gasteiger partial charge in [0.25, 0.3) is 0 Å². The van der Waals surface area contributed by atoms with Gasteiger partial charge in [-0.2, -0.15) is 5.26 Å². The summed E-state index contributed by atoms with van der Waals surface area (Å²) in [6.45, 7) is 0.860. The van der Waals surface area contributed by atoms with Crippen LogP contribution in [0.2, 0.25) is 5.02 Å². The highest BCUT2D eigenvalue weighted by Crippen LogP contribution is 2.15. The fourth-order valence-electron chi connectivity index (χ4n) is 1.98. The van der Waals surface area contributed by atoms with Gasteiger partial charge < -0.3 is 10.1 Å². The molecule has 0 unspecified atom stereocenters. The first-order chi connectivity index (χ1) is 11.2. The molecule has 1 amide bonds. The number of amides is 1. The number of nitrogens with one attached hydrogen (secondary N) is 1. The van der Waals surface area contributed by atoms with Crippen molar-refractivity contribution in [2.24, 2.45) is 0 Å². The van der Waals surface area contributed by atoms with E-state index in [2.05, 4.69) is 11.4 Å². The van der Waals surface area contributed by atoms with Crippen LogP contribution in [-0.4, -0.2) is 19.1 Å². The van der Waals surface area contributed by atoms with Crippen molar-refractivity contribution in [3.63, 3.8) is 0 Å². The first-order valence-corrected chi connectivity index (χ1v) is 7.69.